The topological polar surface area (TPSA) is 46.3 Å². The Morgan fingerprint density at radius 2 is 2.00 bits per heavy atom. The molecule has 1 aliphatic rings. The quantitative estimate of drug-likeness (QED) is 0.723. The number of carbonyl (C=O) groups is 1. The minimum Gasteiger partial charge on any atom is -0.338 e. The molecule has 0 saturated heterocycles. The molecule has 16 heavy (non-hydrogen) atoms. The van der Waals surface area contributed by atoms with Crippen LogP contribution in [0.3, 0.4) is 0 Å². The maximum atomic E-state index is 12.1. The van der Waals surface area contributed by atoms with E-state index in [-0.39, 0.29) is 11.9 Å². The molecule has 3 nitrogen and oxygen atoms in total. The van der Waals surface area contributed by atoms with Gasteiger partial charge in [0.15, 0.2) is 0 Å². The lowest BCUT2D eigenvalue weighted by Gasteiger charge is -2.26. The summed E-state index contributed by atoms with van der Waals surface area (Å²) in [5.74, 6) is 0.821. The van der Waals surface area contributed by atoms with Gasteiger partial charge in [-0.05, 0) is 31.6 Å². The average Bonchev–Trinajstić information content (AvgIpc) is 3.01. The smallest absolute Gasteiger partial charge is 0.239 e. The summed E-state index contributed by atoms with van der Waals surface area (Å²) in [7, 11) is 0. The van der Waals surface area contributed by atoms with Crippen molar-refractivity contribution >= 4 is 5.91 Å². The van der Waals surface area contributed by atoms with Gasteiger partial charge in [-0.15, -0.1) is 0 Å². The standard InChI is InChI=1S/C13H26N2O/c1-4-5-12(14)13(16)15(11-6-7-11)9-8-10(2)3/h10-12H,4-9,14H2,1-3H3. The van der Waals surface area contributed by atoms with Crippen LogP contribution in [0.15, 0.2) is 0 Å². The molecular weight excluding hydrogens is 200 g/mol. The summed E-state index contributed by atoms with van der Waals surface area (Å²) < 4.78 is 0. The highest BCUT2D eigenvalue weighted by molar-refractivity contribution is 5.82. The summed E-state index contributed by atoms with van der Waals surface area (Å²) in [6.07, 6.45) is 5.21. The molecule has 0 aromatic rings. The number of hydrogen-bond donors (Lipinski definition) is 1. The van der Waals surface area contributed by atoms with Gasteiger partial charge in [0, 0.05) is 12.6 Å². The Morgan fingerprint density at radius 3 is 2.44 bits per heavy atom. The van der Waals surface area contributed by atoms with Crippen molar-refractivity contribution in [2.75, 3.05) is 6.54 Å². The summed E-state index contributed by atoms with van der Waals surface area (Å²) >= 11 is 0. The van der Waals surface area contributed by atoms with Gasteiger partial charge < -0.3 is 10.6 Å². The first-order chi connectivity index (χ1) is 7.56. The molecule has 0 aromatic carbocycles. The first-order valence-electron chi connectivity index (χ1n) is 6.62. The van der Waals surface area contributed by atoms with Crippen molar-refractivity contribution in [1.29, 1.82) is 0 Å². The molecule has 1 fully saturated rings. The molecule has 1 aliphatic carbocycles. The maximum Gasteiger partial charge on any atom is 0.239 e. The third-order valence-electron chi connectivity index (χ3n) is 3.13. The second-order valence-electron chi connectivity index (χ2n) is 5.34. The number of amides is 1. The van der Waals surface area contributed by atoms with E-state index in [1.165, 1.54) is 12.8 Å². The Hall–Kier alpha value is -0.570. The van der Waals surface area contributed by atoms with Crippen molar-refractivity contribution in [1.82, 2.24) is 4.90 Å². The van der Waals surface area contributed by atoms with Crippen LogP contribution in [-0.2, 0) is 4.79 Å². The monoisotopic (exact) mass is 226 g/mol. The summed E-state index contributed by atoms with van der Waals surface area (Å²) in [6.45, 7) is 7.35. The van der Waals surface area contributed by atoms with Gasteiger partial charge in [-0.3, -0.25) is 4.79 Å². The van der Waals surface area contributed by atoms with Crippen LogP contribution in [0, 0.1) is 5.92 Å². The van der Waals surface area contributed by atoms with E-state index >= 15 is 0 Å². The van der Waals surface area contributed by atoms with Gasteiger partial charge in [0.05, 0.1) is 6.04 Å². The summed E-state index contributed by atoms with van der Waals surface area (Å²) in [4.78, 5) is 14.2. The molecule has 0 radical (unpaired) electrons. The molecule has 1 atom stereocenters. The zero-order valence-corrected chi connectivity index (χ0v) is 10.9. The molecule has 1 rings (SSSR count). The Bertz CT molecular complexity index is 224. The molecule has 0 aromatic heterocycles. The molecule has 0 spiro atoms. The van der Waals surface area contributed by atoms with Crippen molar-refractivity contribution in [2.45, 2.75) is 65.0 Å². The zero-order valence-electron chi connectivity index (χ0n) is 10.9. The van der Waals surface area contributed by atoms with E-state index < -0.39 is 0 Å². The lowest BCUT2D eigenvalue weighted by atomic mass is 10.1. The predicted molar refractivity (Wildman–Crippen MR) is 67.1 cm³/mol. The van der Waals surface area contributed by atoms with Crippen LogP contribution in [0.2, 0.25) is 0 Å². The van der Waals surface area contributed by atoms with Crippen molar-refractivity contribution in [3.05, 3.63) is 0 Å². The van der Waals surface area contributed by atoms with E-state index in [4.69, 9.17) is 5.73 Å². The molecule has 3 heteroatoms. The van der Waals surface area contributed by atoms with Gasteiger partial charge in [-0.1, -0.05) is 27.2 Å². The molecule has 1 saturated carbocycles. The van der Waals surface area contributed by atoms with Crippen molar-refractivity contribution in [3.63, 3.8) is 0 Å². The largest absolute Gasteiger partial charge is 0.338 e. The molecule has 0 aliphatic heterocycles. The van der Waals surface area contributed by atoms with Gasteiger partial charge in [0.25, 0.3) is 0 Å². The highest BCUT2D eigenvalue weighted by atomic mass is 16.2. The van der Waals surface area contributed by atoms with E-state index in [1.807, 2.05) is 4.90 Å². The molecule has 94 valence electrons. The molecule has 0 bridgehead atoms. The van der Waals surface area contributed by atoms with Crippen LogP contribution < -0.4 is 5.73 Å². The zero-order chi connectivity index (χ0) is 12.1. The van der Waals surface area contributed by atoms with E-state index in [2.05, 4.69) is 20.8 Å². The van der Waals surface area contributed by atoms with Gasteiger partial charge in [-0.2, -0.15) is 0 Å². The number of carbonyl (C=O) groups excluding carboxylic acids is 1. The van der Waals surface area contributed by atoms with E-state index in [0.717, 1.165) is 25.8 Å². The van der Waals surface area contributed by atoms with Crippen molar-refractivity contribution < 1.29 is 4.79 Å². The lowest BCUT2D eigenvalue weighted by molar-refractivity contribution is -0.133. The van der Waals surface area contributed by atoms with E-state index in [9.17, 15) is 4.79 Å². The third-order valence-corrected chi connectivity index (χ3v) is 3.13. The number of hydrogen-bond acceptors (Lipinski definition) is 2. The van der Waals surface area contributed by atoms with Crippen LogP contribution in [0.1, 0.15) is 52.9 Å². The predicted octanol–water partition coefficient (Wildman–Crippen LogP) is 2.15. The third kappa shape index (κ3) is 4.12. The molecule has 0 heterocycles. The van der Waals surface area contributed by atoms with Crippen LogP contribution >= 0.6 is 0 Å². The Kier molecular flexibility index (Phi) is 5.26. The minimum absolute atomic E-state index is 0.171. The van der Waals surface area contributed by atoms with Gasteiger partial charge in [0.1, 0.15) is 0 Å². The second kappa shape index (κ2) is 6.24. The van der Waals surface area contributed by atoms with Crippen molar-refractivity contribution in [3.8, 4) is 0 Å². The fourth-order valence-electron chi connectivity index (χ4n) is 1.90. The lowest BCUT2D eigenvalue weighted by Crippen LogP contribution is -2.45. The highest BCUT2D eigenvalue weighted by Gasteiger charge is 2.34. The normalized spacial score (nSPS) is 17.6. The second-order valence-corrected chi connectivity index (χ2v) is 5.34. The molecular formula is C13H26N2O. The van der Waals surface area contributed by atoms with Crippen LogP contribution in [0.25, 0.3) is 0 Å². The number of nitrogens with two attached hydrogens (primary N) is 1. The fourth-order valence-corrected chi connectivity index (χ4v) is 1.90. The van der Waals surface area contributed by atoms with Gasteiger partial charge in [-0.25, -0.2) is 0 Å². The first-order valence-corrected chi connectivity index (χ1v) is 6.62. The van der Waals surface area contributed by atoms with Crippen molar-refractivity contribution in [2.24, 2.45) is 11.7 Å². The maximum absolute atomic E-state index is 12.1. The van der Waals surface area contributed by atoms with E-state index in [0.29, 0.717) is 12.0 Å². The summed E-state index contributed by atoms with van der Waals surface area (Å²) in [5, 5.41) is 0. The first kappa shape index (κ1) is 13.5. The molecule has 1 amide bonds. The highest BCUT2D eigenvalue weighted by Crippen LogP contribution is 2.28. The molecule has 1 unspecified atom stereocenters. The number of rotatable bonds is 7. The van der Waals surface area contributed by atoms with E-state index in [1.54, 1.807) is 0 Å². The van der Waals surface area contributed by atoms with Crippen LogP contribution in [0.4, 0.5) is 0 Å². The summed E-state index contributed by atoms with van der Waals surface area (Å²) in [6, 6.07) is 0.215. The minimum atomic E-state index is -0.280. The fraction of sp³-hybridized carbons (Fsp3) is 0.923. The number of nitrogens with zero attached hydrogens (tertiary/aromatic N) is 1. The Labute approximate surface area is 99.4 Å². The van der Waals surface area contributed by atoms with Gasteiger partial charge >= 0.3 is 0 Å². The average molecular weight is 226 g/mol. The Morgan fingerprint density at radius 1 is 1.38 bits per heavy atom. The van der Waals surface area contributed by atoms with Crippen LogP contribution in [-0.4, -0.2) is 29.4 Å². The Balaban J connectivity index is 2.45. The van der Waals surface area contributed by atoms with Gasteiger partial charge in [0.2, 0.25) is 5.91 Å². The summed E-state index contributed by atoms with van der Waals surface area (Å²) in [5.41, 5.74) is 5.91. The SMILES string of the molecule is CCCC(N)C(=O)N(CCC(C)C)C1CC1. The van der Waals surface area contributed by atoms with Crippen LogP contribution in [0.5, 0.6) is 0 Å². The molecule has 2 N–H and O–H groups in total.